The first-order chi connectivity index (χ1) is 16.0. The van der Waals surface area contributed by atoms with Gasteiger partial charge in [-0.15, -0.1) is 0 Å². The Morgan fingerprint density at radius 3 is 2.55 bits per heavy atom. The van der Waals surface area contributed by atoms with E-state index in [1.54, 1.807) is 4.90 Å². The molecule has 3 aliphatic rings. The fourth-order valence-corrected chi connectivity index (χ4v) is 4.55. The lowest BCUT2D eigenvalue weighted by Gasteiger charge is -2.35. The molecule has 2 aliphatic heterocycles. The van der Waals surface area contributed by atoms with Crippen LogP contribution in [-0.4, -0.2) is 65.3 Å². The summed E-state index contributed by atoms with van der Waals surface area (Å²) < 4.78 is 32.9. The average molecular weight is 456 g/mol. The van der Waals surface area contributed by atoms with Crippen molar-refractivity contribution in [1.29, 1.82) is 0 Å². The molecule has 2 aromatic rings. The summed E-state index contributed by atoms with van der Waals surface area (Å²) in [6.45, 7) is 3.82. The van der Waals surface area contributed by atoms with E-state index >= 15 is 0 Å². The molecule has 5 rings (SSSR count). The summed E-state index contributed by atoms with van der Waals surface area (Å²) in [7, 11) is 0. The van der Waals surface area contributed by atoms with E-state index in [1.807, 2.05) is 6.07 Å². The number of ether oxygens (including phenoxy) is 1. The number of carbonyl (C=O) groups excluding carboxylic acids is 2. The standard InChI is InChI=1S/C25H27F2N3O3/c26-20-3-2-19(22(27)14-20)16-30(21-4-5-21)25(32)24(31)29-10-8-28(9-11-29)15-17-1-6-23-18(13-17)7-12-33-23/h1-3,6,13-14,21H,4-5,7-12,15-16H2. The molecule has 2 amide bonds. The first-order valence-electron chi connectivity index (χ1n) is 11.5. The lowest BCUT2D eigenvalue weighted by molar-refractivity contribution is -0.153. The minimum absolute atomic E-state index is 0.0244. The van der Waals surface area contributed by atoms with E-state index in [0.29, 0.717) is 26.2 Å². The summed E-state index contributed by atoms with van der Waals surface area (Å²) in [4.78, 5) is 31.2. The van der Waals surface area contributed by atoms with Crippen LogP contribution in [-0.2, 0) is 29.1 Å². The summed E-state index contributed by atoms with van der Waals surface area (Å²) >= 11 is 0. The van der Waals surface area contributed by atoms with E-state index in [1.165, 1.54) is 28.2 Å². The van der Waals surface area contributed by atoms with Crippen LogP contribution >= 0.6 is 0 Å². The van der Waals surface area contributed by atoms with Gasteiger partial charge in [-0.05, 0) is 36.1 Å². The summed E-state index contributed by atoms with van der Waals surface area (Å²) in [6, 6.07) is 9.53. The quantitative estimate of drug-likeness (QED) is 0.651. The van der Waals surface area contributed by atoms with Crippen molar-refractivity contribution in [3.05, 3.63) is 64.7 Å². The first-order valence-corrected chi connectivity index (χ1v) is 11.5. The van der Waals surface area contributed by atoms with E-state index in [2.05, 4.69) is 17.0 Å². The SMILES string of the molecule is O=C(C(=O)N(Cc1ccc(F)cc1F)C1CC1)N1CCN(Cc2ccc3c(c2)CCO3)CC1. The number of nitrogens with zero attached hydrogens (tertiary/aromatic N) is 3. The van der Waals surface area contributed by atoms with Crippen molar-refractivity contribution in [2.24, 2.45) is 0 Å². The molecule has 2 heterocycles. The molecule has 0 spiro atoms. The Labute approximate surface area is 191 Å². The molecule has 174 valence electrons. The highest BCUT2D eigenvalue weighted by atomic mass is 19.1. The summed E-state index contributed by atoms with van der Waals surface area (Å²) in [5, 5.41) is 0. The van der Waals surface area contributed by atoms with Crippen LogP contribution in [0.15, 0.2) is 36.4 Å². The molecule has 1 saturated carbocycles. The van der Waals surface area contributed by atoms with Crippen LogP contribution in [0.5, 0.6) is 5.75 Å². The van der Waals surface area contributed by atoms with E-state index in [4.69, 9.17) is 4.74 Å². The number of piperazine rings is 1. The van der Waals surface area contributed by atoms with E-state index in [-0.39, 0.29) is 18.2 Å². The van der Waals surface area contributed by atoms with Crippen LogP contribution in [0.25, 0.3) is 0 Å². The van der Waals surface area contributed by atoms with Gasteiger partial charge >= 0.3 is 11.8 Å². The van der Waals surface area contributed by atoms with Gasteiger partial charge in [-0.2, -0.15) is 0 Å². The zero-order valence-corrected chi connectivity index (χ0v) is 18.4. The molecule has 8 heteroatoms. The molecular formula is C25H27F2N3O3. The monoisotopic (exact) mass is 455 g/mol. The van der Waals surface area contributed by atoms with Gasteiger partial charge in [0.2, 0.25) is 0 Å². The van der Waals surface area contributed by atoms with Gasteiger partial charge in [0.15, 0.2) is 0 Å². The van der Waals surface area contributed by atoms with Crippen molar-refractivity contribution in [3.63, 3.8) is 0 Å². The third-order valence-electron chi connectivity index (χ3n) is 6.61. The van der Waals surface area contributed by atoms with Gasteiger partial charge in [-0.1, -0.05) is 18.2 Å². The van der Waals surface area contributed by atoms with Gasteiger partial charge in [-0.3, -0.25) is 14.5 Å². The fraction of sp³-hybridized carbons (Fsp3) is 0.440. The van der Waals surface area contributed by atoms with E-state index in [9.17, 15) is 18.4 Å². The maximum atomic E-state index is 14.1. The third kappa shape index (κ3) is 4.85. The second-order valence-electron chi connectivity index (χ2n) is 9.01. The molecule has 0 radical (unpaired) electrons. The van der Waals surface area contributed by atoms with E-state index < -0.39 is 23.4 Å². The van der Waals surface area contributed by atoms with Gasteiger partial charge in [0.1, 0.15) is 17.4 Å². The maximum absolute atomic E-state index is 14.1. The molecule has 0 N–H and O–H groups in total. The van der Waals surface area contributed by atoms with Crippen LogP contribution in [0.4, 0.5) is 8.78 Å². The number of hydrogen-bond donors (Lipinski definition) is 0. The smallest absolute Gasteiger partial charge is 0.312 e. The van der Waals surface area contributed by atoms with Crippen molar-refractivity contribution in [1.82, 2.24) is 14.7 Å². The highest BCUT2D eigenvalue weighted by Gasteiger charge is 2.38. The van der Waals surface area contributed by atoms with Gasteiger partial charge in [0.05, 0.1) is 6.61 Å². The normalized spacial score (nSPS) is 18.1. The van der Waals surface area contributed by atoms with Gasteiger partial charge in [-0.25, -0.2) is 8.78 Å². The third-order valence-corrected chi connectivity index (χ3v) is 6.61. The highest BCUT2D eigenvalue weighted by molar-refractivity contribution is 6.35. The number of halogens is 2. The molecule has 1 saturated heterocycles. The van der Waals surface area contributed by atoms with Gasteiger partial charge in [0, 0.05) is 63.4 Å². The number of rotatable bonds is 5. The minimum atomic E-state index is -0.701. The summed E-state index contributed by atoms with van der Waals surface area (Å²) in [5.41, 5.74) is 2.68. The lowest BCUT2D eigenvalue weighted by atomic mass is 10.1. The van der Waals surface area contributed by atoms with Crippen molar-refractivity contribution >= 4 is 11.8 Å². The number of fused-ring (bicyclic) bond motifs is 1. The van der Waals surface area contributed by atoms with Crippen LogP contribution in [0.1, 0.15) is 29.5 Å². The largest absolute Gasteiger partial charge is 0.493 e. The second-order valence-corrected chi connectivity index (χ2v) is 9.01. The summed E-state index contributed by atoms with van der Waals surface area (Å²) in [6.07, 6.45) is 2.52. The molecule has 0 unspecified atom stereocenters. The zero-order chi connectivity index (χ0) is 22.9. The molecule has 0 bridgehead atoms. The van der Waals surface area contributed by atoms with Crippen LogP contribution in [0, 0.1) is 11.6 Å². The Hall–Kier alpha value is -3.00. The molecule has 6 nitrogen and oxygen atoms in total. The fourth-order valence-electron chi connectivity index (χ4n) is 4.55. The van der Waals surface area contributed by atoms with Crippen LogP contribution in [0.2, 0.25) is 0 Å². The topological polar surface area (TPSA) is 53.1 Å². The lowest BCUT2D eigenvalue weighted by Crippen LogP contribution is -2.53. The number of amides is 2. The average Bonchev–Trinajstić information content (AvgIpc) is 3.55. The molecule has 2 aromatic carbocycles. The van der Waals surface area contributed by atoms with Crippen molar-refractivity contribution in [2.45, 2.75) is 38.4 Å². The predicted molar refractivity (Wildman–Crippen MR) is 117 cm³/mol. The van der Waals surface area contributed by atoms with E-state index in [0.717, 1.165) is 44.2 Å². The van der Waals surface area contributed by atoms with Crippen molar-refractivity contribution in [2.75, 3.05) is 32.8 Å². The number of carbonyl (C=O) groups is 2. The zero-order valence-electron chi connectivity index (χ0n) is 18.4. The summed E-state index contributed by atoms with van der Waals surface area (Å²) in [5.74, 6) is -1.55. The Bertz CT molecular complexity index is 1060. The Morgan fingerprint density at radius 2 is 1.82 bits per heavy atom. The molecule has 0 atom stereocenters. The maximum Gasteiger partial charge on any atom is 0.312 e. The second kappa shape index (κ2) is 9.09. The predicted octanol–water partition coefficient (Wildman–Crippen LogP) is 2.74. The van der Waals surface area contributed by atoms with Crippen molar-refractivity contribution in [3.8, 4) is 5.75 Å². The van der Waals surface area contributed by atoms with Crippen LogP contribution < -0.4 is 4.74 Å². The molecular weight excluding hydrogens is 428 g/mol. The molecule has 0 aromatic heterocycles. The molecule has 33 heavy (non-hydrogen) atoms. The highest BCUT2D eigenvalue weighted by Crippen LogP contribution is 2.30. The molecule has 2 fully saturated rings. The number of hydrogen-bond acceptors (Lipinski definition) is 4. The number of benzene rings is 2. The Kier molecular flexibility index (Phi) is 6.01. The van der Waals surface area contributed by atoms with Crippen molar-refractivity contribution < 1.29 is 23.1 Å². The molecule has 1 aliphatic carbocycles. The Morgan fingerprint density at radius 1 is 1.03 bits per heavy atom. The Balaban J connectivity index is 1.17. The minimum Gasteiger partial charge on any atom is -0.493 e. The van der Waals surface area contributed by atoms with Gasteiger partial charge in [0.25, 0.3) is 0 Å². The van der Waals surface area contributed by atoms with Crippen LogP contribution in [0.3, 0.4) is 0 Å². The van der Waals surface area contributed by atoms with Gasteiger partial charge < -0.3 is 14.5 Å². The first kappa shape index (κ1) is 21.8.